The fraction of sp³-hybridized carbons (Fsp3) is 0.611. The number of alkyl halides is 1. The van der Waals surface area contributed by atoms with Crippen LogP contribution in [0.1, 0.15) is 38.5 Å². The first-order valence-electron chi connectivity index (χ1n) is 8.06. The first-order valence-corrected chi connectivity index (χ1v) is 8.44. The molecule has 4 aliphatic carbocycles. The third-order valence-electron chi connectivity index (χ3n) is 5.69. The molecule has 0 aliphatic heterocycles. The molecule has 0 N–H and O–H groups in total. The highest BCUT2D eigenvalue weighted by Gasteiger charge is 2.61. The van der Waals surface area contributed by atoms with Gasteiger partial charge in [0, 0.05) is 4.87 Å². The Hall–Kier alpha value is -1.22. The Morgan fingerprint density at radius 1 is 1.14 bits per heavy atom. The van der Waals surface area contributed by atoms with E-state index in [0.29, 0.717) is 23.3 Å². The smallest absolute Gasteiger partial charge is 0.317 e. The van der Waals surface area contributed by atoms with Gasteiger partial charge in [-0.3, -0.25) is 4.79 Å². The normalized spacial score (nSPS) is 38.8. The van der Waals surface area contributed by atoms with E-state index in [1.807, 2.05) is 18.2 Å². The molecular weight excluding hydrogens is 300 g/mol. The lowest BCUT2D eigenvalue weighted by molar-refractivity contribution is -0.160. The van der Waals surface area contributed by atoms with Gasteiger partial charge in [-0.15, -0.1) is 11.6 Å². The minimum atomic E-state index is -0.382. The highest BCUT2D eigenvalue weighted by atomic mass is 35.5. The van der Waals surface area contributed by atoms with Gasteiger partial charge in [0.15, 0.2) is 11.5 Å². The molecule has 3 nitrogen and oxygen atoms in total. The Kier molecular flexibility index (Phi) is 3.19. The van der Waals surface area contributed by atoms with E-state index in [0.717, 1.165) is 32.1 Å². The molecule has 22 heavy (non-hydrogen) atoms. The second-order valence-corrected chi connectivity index (χ2v) is 8.23. The maximum absolute atomic E-state index is 12.9. The molecule has 1 aromatic rings. The van der Waals surface area contributed by atoms with Crippen LogP contribution in [-0.4, -0.2) is 18.0 Å². The number of esters is 1. The van der Waals surface area contributed by atoms with Crippen LogP contribution in [0.15, 0.2) is 24.3 Å². The first kappa shape index (κ1) is 14.4. The quantitative estimate of drug-likeness (QED) is 0.476. The molecule has 4 fully saturated rings. The number of hydrogen-bond acceptors (Lipinski definition) is 3. The van der Waals surface area contributed by atoms with Gasteiger partial charge in [0.2, 0.25) is 0 Å². The van der Waals surface area contributed by atoms with Gasteiger partial charge in [-0.2, -0.15) is 0 Å². The summed E-state index contributed by atoms with van der Waals surface area (Å²) >= 11 is 6.79. The molecule has 0 saturated heterocycles. The predicted octanol–water partition coefficient (Wildman–Crippen LogP) is 4.18. The van der Waals surface area contributed by atoms with E-state index in [9.17, 15) is 4.79 Å². The van der Waals surface area contributed by atoms with Crippen LogP contribution in [0.25, 0.3) is 0 Å². The van der Waals surface area contributed by atoms with Crippen molar-refractivity contribution in [3.05, 3.63) is 24.3 Å². The highest BCUT2D eigenvalue weighted by molar-refractivity contribution is 6.24. The predicted molar refractivity (Wildman–Crippen MR) is 84.3 cm³/mol. The lowest BCUT2D eigenvalue weighted by Crippen LogP contribution is -2.56. The summed E-state index contributed by atoms with van der Waals surface area (Å²) in [5, 5.41) is 0. The second kappa shape index (κ2) is 4.89. The molecule has 0 spiro atoms. The standard InChI is InChI=1S/C18H21ClO3/c1-21-14-4-2-3-5-15(14)22-16(20)17-7-12-6-13(8-17)10-18(19,9-12)11-17/h2-5,12-13H,6-11H2,1H3/t12-,13+,17?,18?. The van der Waals surface area contributed by atoms with Crippen LogP contribution in [0.4, 0.5) is 0 Å². The summed E-state index contributed by atoms with van der Waals surface area (Å²) in [6, 6.07) is 7.32. The second-order valence-electron chi connectivity index (χ2n) is 7.43. The number of carbonyl (C=O) groups is 1. The van der Waals surface area contributed by atoms with E-state index in [2.05, 4.69) is 0 Å². The van der Waals surface area contributed by atoms with Crippen molar-refractivity contribution in [3.63, 3.8) is 0 Å². The van der Waals surface area contributed by atoms with Gasteiger partial charge >= 0.3 is 5.97 Å². The fourth-order valence-corrected chi connectivity index (χ4v) is 5.99. The largest absolute Gasteiger partial charge is 0.493 e. The Balaban J connectivity index is 1.60. The van der Waals surface area contributed by atoms with Gasteiger partial charge in [-0.25, -0.2) is 0 Å². The van der Waals surface area contributed by atoms with Gasteiger partial charge in [-0.1, -0.05) is 12.1 Å². The van der Waals surface area contributed by atoms with Crippen molar-refractivity contribution in [2.45, 2.75) is 43.4 Å². The van der Waals surface area contributed by atoms with E-state index >= 15 is 0 Å². The zero-order chi connectivity index (χ0) is 15.4. The summed E-state index contributed by atoms with van der Waals surface area (Å²) < 4.78 is 11.0. The lowest BCUT2D eigenvalue weighted by atomic mass is 9.49. The van der Waals surface area contributed by atoms with Crippen LogP contribution in [-0.2, 0) is 4.79 Å². The van der Waals surface area contributed by atoms with Crippen molar-refractivity contribution in [1.82, 2.24) is 0 Å². The summed E-state index contributed by atoms with van der Waals surface area (Å²) in [7, 11) is 1.59. The molecule has 0 amide bonds. The van der Waals surface area contributed by atoms with Crippen LogP contribution >= 0.6 is 11.6 Å². The molecule has 2 unspecified atom stereocenters. The van der Waals surface area contributed by atoms with Crippen molar-refractivity contribution < 1.29 is 14.3 Å². The fourth-order valence-electron chi connectivity index (χ4n) is 5.30. The molecule has 1 aromatic carbocycles. The number of ether oxygens (including phenoxy) is 2. The maximum atomic E-state index is 12.9. The Morgan fingerprint density at radius 2 is 1.77 bits per heavy atom. The molecule has 0 aromatic heterocycles. The summed E-state index contributed by atoms with van der Waals surface area (Å²) in [5.74, 6) is 2.17. The molecule has 4 aliphatic rings. The summed E-state index contributed by atoms with van der Waals surface area (Å²) in [4.78, 5) is 12.8. The molecule has 0 radical (unpaired) electrons. The van der Waals surface area contributed by atoms with Crippen LogP contribution < -0.4 is 9.47 Å². The molecule has 4 bridgehead atoms. The third kappa shape index (κ3) is 2.21. The van der Waals surface area contributed by atoms with Crippen molar-refractivity contribution in [3.8, 4) is 11.5 Å². The molecule has 4 heteroatoms. The highest BCUT2D eigenvalue weighted by Crippen LogP contribution is 2.64. The van der Waals surface area contributed by atoms with Crippen molar-refractivity contribution in [1.29, 1.82) is 0 Å². The van der Waals surface area contributed by atoms with Gasteiger partial charge in [0.1, 0.15) is 0 Å². The average molecular weight is 321 g/mol. The third-order valence-corrected chi connectivity index (χ3v) is 6.14. The molecule has 5 rings (SSSR count). The van der Waals surface area contributed by atoms with E-state index in [1.165, 1.54) is 6.42 Å². The van der Waals surface area contributed by atoms with Crippen LogP contribution in [0, 0.1) is 17.3 Å². The van der Waals surface area contributed by atoms with Gasteiger partial charge in [0.05, 0.1) is 12.5 Å². The van der Waals surface area contributed by atoms with Gasteiger partial charge in [0.25, 0.3) is 0 Å². The zero-order valence-corrected chi connectivity index (χ0v) is 13.6. The lowest BCUT2D eigenvalue weighted by Gasteiger charge is -2.58. The number of para-hydroxylation sites is 2. The maximum Gasteiger partial charge on any atom is 0.317 e. The van der Waals surface area contributed by atoms with Crippen LogP contribution in [0.5, 0.6) is 11.5 Å². The Morgan fingerprint density at radius 3 is 2.36 bits per heavy atom. The summed E-state index contributed by atoms with van der Waals surface area (Å²) in [6.07, 6.45) is 6.00. The minimum absolute atomic E-state index is 0.115. The minimum Gasteiger partial charge on any atom is -0.493 e. The number of halogens is 1. The van der Waals surface area contributed by atoms with Crippen molar-refractivity contribution >= 4 is 17.6 Å². The first-order chi connectivity index (χ1) is 10.5. The number of rotatable bonds is 3. The molecule has 0 heterocycles. The zero-order valence-electron chi connectivity index (χ0n) is 12.8. The van der Waals surface area contributed by atoms with E-state index < -0.39 is 0 Å². The molecular formula is C18H21ClO3. The van der Waals surface area contributed by atoms with Crippen molar-refractivity contribution in [2.75, 3.05) is 7.11 Å². The van der Waals surface area contributed by atoms with Gasteiger partial charge < -0.3 is 9.47 Å². The number of methoxy groups -OCH3 is 1. The number of hydrogen-bond donors (Lipinski definition) is 0. The van der Waals surface area contributed by atoms with Crippen LogP contribution in [0.3, 0.4) is 0 Å². The summed E-state index contributed by atoms with van der Waals surface area (Å²) in [5.41, 5.74) is -0.382. The Labute approximate surface area is 135 Å². The van der Waals surface area contributed by atoms with E-state index in [4.69, 9.17) is 21.1 Å². The number of carbonyl (C=O) groups excluding carboxylic acids is 1. The van der Waals surface area contributed by atoms with E-state index in [1.54, 1.807) is 13.2 Å². The molecule has 4 saturated carbocycles. The van der Waals surface area contributed by atoms with E-state index in [-0.39, 0.29) is 16.3 Å². The topological polar surface area (TPSA) is 35.5 Å². The summed E-state index contributed by atoms with van der Waals surface area (Å²) in [6.45, 7) is 0. The van der Waals surface area contributed by atoms with Crippen molar-refractivity contribution in [2.24, 2.45) is 17.3 Å². The molecule has 118 valence electrons. The monoisotopic (exact) mass is 320 g/mol. The van der Waals surface area contributed by atoms with Gasteiger partial charge in [-0.05, 0) is 62.5 Å². The number of benzene rings is 1. The molecule has 4 atom stereocenters. The van der Waals surface area contributed by atoms with Crippen LogP contribution in [0.2, 0.25) is 0 Å². The Bertz CT molecular complexity index is 598. The SMILES string of the molecule is COc1ccccc1OC(=O)C12C[C@@H]3C[C@@H](CC(Cl)(C3)C1)C2. The average Bonchev–Trinajstić information content (AvgIpc) is 2.45.